The van der Waals surface area contributed by atoms with Gasteiger partial charge >= 0.3 is 19.5 Å². The minimum absolute atomic E-state index is 0. The first kappa shape index (κ1) is 20.9. The minimum Gasteiger partial charge on any atom is -0.550 e. The molecule has 0 aromatic heterocycles. The van der Waals surface area contributed by atoms with E-state index in [1.807, 2.05) is 0 Å². The number of halogens is 2. The minimum atomic E-state index is -1.00. The van der Waals surface area contributed by atoms with Gasteiger partial charge in [-0.25, -0.2) is 0 Å². The number of rotatable bonds is 4. The van der Waals surface area contributed by atoms with Crippen LogP contribution in [0.4, 0.5) is 0 Å². The fraction of sp³-hybridized carbons (Fsp3) is 0.750. The van der Waals surface area contributed by atoms with E-state index in [1.54, 1.807) is 13.8 Å². The van der Waals surface area contributed by atoms with Gasteiger partial charge in [-0.05, 0) is 0 Å². The van der Waals surface area contributed by atoms with E-state index in [0.29, 0.717) is 10.7 Å². The second-order valence-corrected chi connectivity index (χ2v) is 4.04. The number of aliphatic carboxylic acids is 2. The Balaban J connectivity index is -0.000000180. The quantitative estimate of drug-likeness (QED) is 0.475. The fourth-order valence-electron chi connectivity index (χ4n) is 0.126. The molecule has 15 heavy (non-hydrogen) atoms. The monoisotopic (exact) mass is 394 g/mol. The van der Waals surface area contributed by atoms with E-state index < -0.39 is 11.9 Å². The first-order valence-electron chi connectivity index (χ1n) is 3.90. The Kier molecular flexibility index (Phi) is 17.5. The van der Waals surface area contributed by atoms with E-state index in [2.05, 4.69) is 31.9 Å². The van der Waals surface area contributed by atoms with Crippen molar-refractivity contribution in [3.63, 3.8) is 0 Å². The van der Waals surface area contributed by atoms with Crippen LogP contribution >= 0.6 is 31.9 Å². The first-order chi connectivity index (χ1) is 6.36. The number of carbonyl (C=O) groups excluding carboxylic acids is 2. The van der Waals surface area contributed by atoms with Crippen molar-refractivity contribution in [1.82, 2.24) is 0 Å². The zero-order valence-corrected chi connectivity index (χ0v) is 14.8. The molecule has 84 valence electrons. The molecule has 0 amide bonds. The summed E-state index contributed by atoms with van der Waals surface area (Å²) >= 11 is 5.99. The van der Waals surface area contributed by atoms with E-state index in [1.165, 1.54) is 0 Å². The molecule has 7 heteroatoms. The van der Waals surface area contributed by atoms with E-state index in [0.717, 1.165) is 0 Å². The van der Waals surface area contributed by atoms with Gasteiger partial charge in [0.25, 0.3) is 0 Å². The van der Waals surface area contributed by atoms with Crippen molar-refractivity contribution in [1.29, 1.82) is 0 Å². The van der Waals surface area contributed by atoms with Crippen LogP contribution in [0, 0.1) is 11.8 Å². The van der Waals surface area contributed by atoms with Gasteiger partial charge in [-0.15, -0.1) is 0 Å². The summed E-state index contributed by atoms with van der Waals surface area (Å²) in [6, 6.07) is 0. The third-order valence-corrected chi connectivity index (χ3v) is 3.21. The number of hydrogen-bond acceptors (Lipinski definition) is 4. The van der Waals surface area contributed by atoms with Crippen LogP contribution in [0.15, 0.2) is 0 Å². The number of alkyl halides is 2. The molecule has 0 rings (SSSR count). The second-order valence-electron chi connectivity index (χ2n) is 2.75. The third-order valence-electron chi connectivity index (χ3n) is 1.27. The predicted molar refractivity (Wildman–Crippen MR) is 55.9 cm³/mol. The topological polar surface area (TPSA) is 80.3 Å². The Morgan fingerprint density at radius 1 is 1.00 bits per heavy atom. The number of carboxylic acids is 2. The summed E-state index contributed by atoms with van der Waals surface area (Å²) in [6.07, 6.45) is 0. The summed E-state index contributed by atoms with van der Waals surface area (Å²) in [5.41, 5.74) is 0. The van der Waals surface area contributed by atoms with E-state index >= 15 is 0 Å². The predicted octanol–water partition coefficient (Wildman–Crippen LogP) is -0.468. The number of carboxylic acid groups (broad SMARTS) is 2. The maximum atomic E-state index is 9.79. The molecule has 0 heterocycles. The van der Waals surface area contributed by atoms with Crippen LogP contribution in [0.1, 0.15) is 13.8 Å². The molecule has 0 bridgehead atoms. The molecule has 0 spiro atoms. The molecule has 0 aliphatic heterocycles. The van der Waals surface area contributed by atoms with Crippen molar-refractivity contribution < 1.29 is 39.3 Å². The molecule has 0 N–H and O–H groups in total. The van der Waals surface area contributed by atoms with Crippen LogP contribution in [0.2, 0.25) is 0 Å². The summed E-state index contributed by atoms with van der Waals surface area (Å²) in [5, 5.41) is 20.5. The van der Waals surface area contributed by atoms with Crippen molar-refractivity contribution in [3.05, 3.63) is 0 Å². The van der Waals surface area contributed by atoms with Crippen molar-refractivity contribution in [2.24, 2.45) is 11.8 Å². The maximum Gasteiger partial charge on any atom is 2.00 e. The van der Waals surface area contributed by atoms with Crippen LogP contribution in [-0.2, 0) is 29.1 Å². The normalized spacial score (nSPS) is 12.5. The van der Waals surface area contributed by atoms with Crippen LogP contribution in [-0.4, -0.2) is 22.6 Å². The molecule has 0 aliphatic rings. The standard InChI is InChI=1S/2C4H7BrO2.Zn/c2*1-3(2-5)4(6)7;/h2*3H,2H2,1H3,(H,6,7);/q;;+2/p-2. The molecule has 0 aliphatic carbocycles. The van der Waals surface area contributed by atoms with Crippen LogP contribution in [0.5, 0.6) is 0 Å². The largest absolute Gasteiger partial charge is 2.00 e. The van der Waals surface area contributed by atoms with E-state index in [9.17, 15) is 19.8 Å². The Labute approximate surface area is 119 Å². The molecular weight excluding hydrogens is 385 g/mol. The zero-order valence-electron chi connectivity index (χ0n) is 8.66. The van der Waals surface area contributed by atoms with Gasteiger partial charge in [0.1, 0.15) is 0 Å². The van der Waals surface area contributed by atoms with Gasteiger partial charge in [-0.1, -0.05) is 45.7 Å². The first-order valence-corrected chi connectivity index (χ1v) is 6.14. The fourth-order valence-corrected chi connectivity index (χ4v) is 0.655. The molecule has 2 unspecified atom stereocenters. The summed E-state index contributed by atoms with van der Waals surface area (Å²) in [6.45, 7) is 3.17. The van der Waals surface area contributed by atoms with Crippen LogP contribution in [0.25, 0.3) is 0 Å². The third kappa shape index (κ3) is 14.5. The van der Waals surface area contributed by atoms with Crippen molar-refractivity contribution in [2.45, 2.75) is 13.8 Å². The molecule has 0 radical (unpaired) electrons. The van der Waals surface area contributed by atoms with E-state index in [-0.39, 0.29) is 31.3 Å². The average Bonchev–Trinajstić information content (AvgIpc) is 2.15. The SMILES string of the molecule is CC(CBr)C(=O)[O-].CC(CBr)C(=O)[O-].[Zn+2]. The number of hydrogen-bond donors (Lipinski definition) is 0. The van der Waals surface area contributed by atoms with Gasteiger partial charge in [0.05, 0.1) is 0 Å². The zero-order chi connectivity index (χ0) is 11.7. The molecule has 0 saturated heterocycles. The molecule has 0 fully saturated rings. The van der Waals surface area contributed by atoms with Crippen LogP contribution in [0.3, 0.4) is 0 Å². The second kappa shape index (κ2) is 12.6. The number of carbonyl (C=O) groups is 2. The van der Waals surface area contributed by atoms with Gasteiger partial charge in [-0.2, -0.15) is 0 Å². The van der Waals surface area contributed by atoms with Crippen LogP contribution < -0.4 is 10.2 Å². The summed E-state index contributed by atoms with van der Waals surface area (Å²) in [4.78, 5) is 19.6. The average molecular weight is 397 g/mol. The molecule has 0 aromatic carbocycles. The molecular formula is C8H12Br2O4Zn. The molecule has 0 saturated carbocycles. The maximum absolute atomic E-state index is 9.79. The molecule has 2 atom stereocenters. The molecule has 0 aromatic rings. The van der Waals surface area contributed by atoms with Gasteiger partial charge in [0, 0.05) is 34.4 Å². The van der Waals surface area contributed by atoms with Gasteiger partial charge in [0.15, 0.2) is 0 Å². The van der Waals surface area contributed by atoms with E-state index in [4.69, 9.17) is 0 Å². The Hall–Kier alpha value is 0.523. The summed E-state index contributed by atoms with van der Waals surface area (Å²) < 4.78 is 0. The van der Waals surface area contributed by atoms with Crippen molar-refractivity contribution in [3.8, 4) is 0 Å². The van der Waals surface area contributed by atoms with Gasteiger partial charge < -0.3 is 19.8 Å². The Morgan fingerprint density at radius 2 is 1.20 bits per heavy atom. The van der Waals surface area contributed by atoms with Gasteiger partial charge in [-0.3, -0.25) is 0 Å². The van der Waals surface area contributed by atoms with Crippen molar-refractivity contribution in [2.75, 3.05) is 10.7 Å². The summed E-state index contributed by atoms with van der Waals surface area (Å²) in [5.74, 6) is -2.76. The Morgan fingerprint density at radius 3 is 1.20 bits per heavy atom. The smallest absolute Gasteiger partial charge is 0.550 e. The van der Waals surface area contributed by atoms with Gasteiger partial charge in [0.2, 0.25) is 0 Å². The molecule has 4 nitrogen and oxygen atoms in total. The van der Waals surface area contributed by atoms with Crippen molar-refractivity contribution >= 4 is 43.8 Å². The Bertz CT molecular complexity index is 169. The summed E-state index contributed by atoms with van der Waals surface area (Å²) in [7, 11) is 0.